The molecule has 4 rings (SSSR count). The highest BCUT2D eigenvalue weighted by Gasteiger charge is 2.39. The summed E-state index contributed by atoms with van der Waals surface area (Å²) in [7, 11) is 3.95. The fourth-order valence-electron chi connectivity index (χ4n) is 3.83. The van der Waals surface area contributed by atoms with E-state index in [0.29, 0.717) is 10.2 Å². The lowest BCUT2D eigenvalue weighted by atomic mass is 10.1. The first-order valence-corrected chi connectivity index (χ1v) is 9.06. The molecule has 0 radical (unpaired) electrons. The van der Waals surface area contributed by atoms with E-state index in [1.54, 1.807) is 12.4 Å². The van der Waals surface area contributed by atoms with Crippen molar-refractivity contribution in [3.8, 4) is 6.07 Å². The maximum absolute atomic E-state index is 14.7. The van der Waals surface area contributed by atoms with Gasteiger partial charge in [0.15, 0.2) is 11.5 Å². The summed E-state index contributed by atoms with van der Waals surface area (Å²) in [5.74, 6) is 0.483. The lowest BCUT2D eigenvalue weighted by molar-refractivity contribution is 0.301. The van der Waals surface area contributed by atoms with Crippen LogP contribution in [-0.4, -0.2) is 48.2 Å². The number of halogens is 2. The lowest BCUT2D eigenvalue weighted by Crippen LogP contribution is -2.51. The molecule has 1 unspecified atom stereocenters. The number of likely N-dealkylation sites (N-methyl/N-ethyl adjacent to an activating group) is 1. The van der Waals surface area contributed by atoms with Crippen molar-refractivity contribution in [2.45, 2.75) is 12.5 Å². The molecule has 1 N–H and O–H groups in total. The minimum absolute atomic E-state index is 0.154. The summed E-state index contributed by atoms with van der Waals surface area (Å²) in [4.78, 5) is 14.0. The van der Waals surface area contributed by atoms with Gasteiger partial charge < -0.3 is 9.88 Å². The highest BCUT2D eigenvalue weighted by atomic mass is 35.5. The summed E-state index contributed by atoms with van der Waals surface area (Å²) in [6.07, 6.45) is 4.30. The van der Waals surface area contributed by atoms with Crippen LogP contribution in [0.2, 0.25) is 5.02 Å². The molecule has 8 heteroatoms. The molecule has 1 aromatic carbocycles. The van der Waals surface area contributed by atoms with Crippen LogP contribution in [0.3, 0.4) is 0 Å². The van der Waals surface area contributed by atoms with Crippen molar-refractivity contribution < 1.29 is 4.39 Å². The third kappa shape index (κ3) is 2.91. The topological polar surface area (TPSA) is 68.6 Å². The van der Waals surface area contributed by atoms with Crippen LogP contribution in [0.1, 0.15) is 12.0 Å². The molecular weight excluding hydrogens is 367 g/mol. The van der Waals surface area contributed by atoms with Crippen molar-refractivity contribution in [2.75, 3.05) is 32.1 Å². The minimum Gasteiger partial charge on any atom is -0.350 e. The highest BCUT2D eigenvalue weighted by molar-refractivity contribution is 6.32. The largest absolute Gasteiger partial charge is 0.350 e. The number of nitrogens with zero attached hydrogens (tertiary/aromatic N) is 5. The number of fused-ring (bicyclic) bond motifs is 1. The number of aromatic nitrogens is 3. The van der Waals surface area contributed by atoms with E-state index >= 15 is 0 Å². The quantitative estimate of drug-likeness (QED) is 0.701. The predicted molar refractivity (Wildman–Crippen MR) is 104 cm³/mol. The van der Waals surface area contributed by atoms with Crippen LogP contribution in [0.5, 0.6) is 0 Å². The van der Waals surface area contributed by atoms with Gasteiger partial charge in [-0.15, -0.1) is 0 Å². The Hall–Kier alpha value is -2.69. The second-order valence-electron chi connectivity index (χ2n) is 7.26. The van der Waals surface area contributed by atoms with Crippen LogP contribution in [0.25, 0.3) is 11.0 Å². The number of aromatic amines is 1. The van der Waals surface area contributed by atoms with Crippen molar-refractivity contribution in [3.05, 3.63) is 47.1 Å². The number of quaternary nitrogens is 1. The molecule has 0 spiro atoms. The normalized spacial score (nSPS) is 17.4. The first-order valence-electron chi connectivity index (χ1n) is 8.68. The smallest absolute Gasteiger partial charge is 0.185 e. The summed E-state index contributed by atoms with van der Waals surface area (Å²) in [5.41, 5.74) is 1.45. The average Bonchev–Trinajstić information content (AvgIpc) is 3.32. The van der Waals surface area contributed by atoms with E-state index in [-0.39, 0.29) is 16.6 Å². The monoisotopic (exact) mass is 385 g/mol. The SMILES string of the molecule is C[N+](C)(c1cc(Cl)c(C#N)cc1F)C1CCN(c2ncnc3[nH]ccc23)C1. The molecule has 1 aliphatic heterocycles. The van der Waals surface area contributed by atoms with Crippen LogP contribution < -0.4 is 9.38 Å². The third-order valence-corrected chi connectivity index (χ3v) is 5.80. The number of hydrogen-bond acceptors (Lipinski definition) is 4. The summed E-state index contributed by atoms with van der Waals surface area (Å²) < 4.78 is 15.0. The van der Waals surface area contributed by atoms with Gasteiger partial charge in [-0.3, -0.25) is 4.48 Å². The molecule has 1 saturated heterocycles. The van der Waals surface area contributed by atoms with E-state index in [4.69, 9.17) is 16.9 Å². The molecule has 1 atom stereocenters. The first-order chi connectivity index (χ1) is 12.9. The number of anilines is 1. The van der Waals surface area contributed by atoms with Gasteiger partial charge >= 0.3 is 0 Å². The summed E-state index contributed by atoms with van der Waals surface area (Å²) in [6, 6.07) is 6.85. The molecule has 0 aliphatic carbocycles. The van der Waals surface area contributed by atoms with Crippen molar-refractivity contribution in [3.63, 3.8) is 0 Å². The molecule has 3 heterocycles. The number of nitrogens with one attached hydrogen (secondary N) is 1. The molecule has 138 valence electrons. The molecule has 1 aliphatic rings. The maximum Gasteiger partial charge on any atom is 0.185 e. The van der Waals surface area contributed by atoms with Crippen LogP contribution >= 0.6 is 11.6 Å². The van der Waals surface area contributed by atoms with E-state index in [1.165, 1.54) is 6.07 Å². The summed E-state index contributed by atoms with van der Waals surface area (Å²) in [5, 5.41) is 10.3. The third-order valence-electron chi connectivity index (χ3n) is 5.49. The Labute approximate surface area is 161 Å². The molecule has 2 aromatic heterocycles. The van der Waals surface area contributed by atoms with Gasteiger partial charge in [0.05, 0.1) is 36.6 Å². The Balaban J connectivity index is 1.64. The molecule has 0 bridgehead atoms. The molecule has 27 heavy (non-hydrogen) atoms. The van der Waals surface area contributed by atoms with Crippen molar-refractivity contribution in [2.24, 2.45) is 0 Å². The molecule has 3 aromatic rings. The summed E-state index contributed by atoms with van der Waals surface area (Å²) >= 11 is 6.16. The average molecular weight is 386 g/mol. The molecular formula is C19H19ClFN6+. The zero-order valence-corrected chi connectivity index (χ0v) is 15.8. The van der Waals surface area contributed by atoms with Crippen molar-refractivity contribution >= 4 is 34.1 Å². The fourth-order valence-corrected chi connectivity index (χ4v) is 4.03. The Kier molecular flexibility index (Phi) is 4.25. The Morgan fingerprint density at radius 2 is 2.19 bits per heavy atom. The second-order valence-corrected chi connectivity index (χ2v) is 7.67. The zero-order chi connectivity index (χ0) is 19.2. The molecule has 0 saturated carbocycles. The number of rotatable bonds is 3. The van der Waals surface area contributed by atoms with Gasteiger partial charge in [-0.05, 0) is 12.1 Å². The highest BCUT2D eigenvalue weighted by Crippen LogP contribution is 2.35. The van der Waals surface area contributed by atoms with Gasteiger partial charge in [-0.25, -0.2) is 14.4 Å². The standard InChI is InChI=1S/C19H19ClFN6/c1-27(2,17-8-15(20)12(9-22)7-16(17)21)13-4-6-26(10-13)19-14-3-5-23-18(14)24-11-25-19/h3,5,7-8,11,13H,4,6,10H2,1-2H3,(H,23,24,25)/q+1. The number of hydrogen-bond donors (Lipinski definition) is 1. The van der Waals surface area contributed by atoms with E-state index in [9.17, 15) is 4.39 Å². The summed E-state index contributed by atoms with van der Waals surface area (Å²) in [6.45, 7) is 1.57. The minimum atomic E-state index is -0.408. The molecule has 1 fully saturated rings. The van der Waals surface area contributed by atoms with E-state index < -0.39 is 5.82 Å². The van der Waals surface area contributed by atoms with Gasteiger partial charge in [-0.1, -0.05) is 11.6 Å². The molecule has 6 nitrogen and oxygen atoms in total. The van der Waals surface area contributed by atoms with Crippen LogP contribution in [0.15, 0.2) is 30.7 Å². The number of nitriles is 1. The van der Waals surface area contributed by atoms with Gasteiger partial charge in [0, 0.05) is 25.2 Å². The first kappa shape index (κ1) is 17.7. The second kappa shape index (κ2) is 6.48. The Bertz CT molecular complexity index is 1050. The van der Waals surface area contributed by atoms with Gasteiger partial charge in [0.25, 0.3) is 0 Å². The van der Waals surface area contributed by atoms with E-state index in [2.05, 4.69) is 19.9 Å². The number of benzene rings is 1. The van der Waals surface area contributed by atoms with Gasteiger partial charge in [0.1, 0.15) is 29.9 Å². The predicted octanol–water partition coefficient (Wildman–Crippen LogP) is 3.47. The van der Waals surface area contributed by atoms with Gasteiger partial charge in [0.2, 0.25) is 0 Å². The van der Waals surface area contributed by atoms with E-state index in [1.807, 2.05) is 32.4 Å². The van der Waals surface area contributed by atoms with Crippen LogP contribution in [-0.2, 0) is 0 Å². The zero-order valence-electron chi connectivity index (χ0n) is 15.1. The lowest BCUT2D eigenvalue weighted by Gasteiger charge is -2.36. The van der Waals surface area contributed by atoms with Crippen molar-refractivity contribution in [1.82, 2.24) is 19.4 Å². The van der Waals surface area contributed by atoms with Crippen molar-refractivity contribution in [1.29, 1.82) is 5.26 Å². The Morgan fingerprint density at radius 1 is 1.37 bits per heavy atom. The Morgan fingerprint density at radius 3 is 2.96 bits per heavy atom. The number of H-pyrrole nitrogens is 1. The maximum atomic E-state index is 14.7. The van der Waals surface area contributed by atoms with E-state index in [0.717, 1.165) is 36.4 Å². The van der Waals surface area contributed by atoms with Crippen LogP contribution in [0, 0.1) is 17.1 Å². The van der Waals surface area contributed by atoms with Gasteiger partial charge in [-0.2, -0.15) is 5.26 Å². The molecule has 0 amide bonds. The van der Waals surface area contributed by atoms with Crippen LogP contribution in [0.4, 0.5) is 15.9 Å². The fraction of sp³-hybridized carbons (Fsp3) is 0.316.